The Morgan fingerprint density at radius 3 is 2.71 bits per heavy atom. The van der Waals surface area contributed by atoms with Crippen LogP contribution in [0.5, 0.6) is 0 Å². The molecule has 0 bridgehead atoms. The smallest absolute Gasteiger partial charge is 0.153 e. The highest BCUT2D eigenvalue weighted by Gasteiger charge is 2.03. The molecular weight excluding hydrogens is 174 g/mol. The van der Waals surface area contributed by atoms with Crippen LogP contribution in [0.15, 0.2) is 65.7 Å². The van der Waals surface area contributed by atoms with E-state index in [1.807, 2.05) is 48.9 Å². The molecule has 0 atom stereocenters. The lowest BCUT2D eigenvalue weighted by Gasteiger charge is -2.08. The molecule has 70 valence electrons. The van der Waals surface area contributed by atoms with Crippen LogP contribution in [0.4, 0.5) is 0 Å². The van der Waals surface area contributed by atoms with Crippen molar-refractivity contribution in [2.24, 2.45) is 4.99 Å². The Labute approximate surface area is 82.9 Å². The minimum Gasteiger partial charge on any atom is -0.359 e. The van der Waals surface area contributed by atoms with E-state index < -0.39 is 0 Å². The van der Waals surface area contributed by atoms with Crippen molar-refractivity contribution in [1.82, 2.24) is 10.6 Å². The van der Waals surface area contributed by atoms with Crippen LogP contribution in [0.2, 0.25) is 0 Å². The molecule has 2 aliphatic heterocycles. The first-order chi connectivity index (χ1) is 6.97. The molecule has 0 spiro atoms. The number of hydrogen-bond donors (Lipinski definition) is 2. The quantitative estimate of drug-likeness (QED) is 0.650. The molecule has 0 aromatic heterocycles. The lowest BCUT2D eigenvalue weighted by molar-refractivity contribution is 1.10. The topological polar surface area (TPSA) is 36.4 Å². The van der Waals surface area contributed by atoms with Crippen LogP contribution in [0.1, 0.15) is 0 Å². The molecule has 0 fully saturated rings. The van der Waals surface area contributed by atoms with E-state index in [0.29, 0.717) is 0 Å². The van der Waals surface area contributed by atoms with E-state index in [-0.39, 0.29) is 0 Å². The normalized spacial score (nSPS) is 18.9. The summed E-state index contributed by atoms with van der Waals surface area (Å²) in [6.07, 6.45) is 17.1. The largest absolute Gasteiger partial charge is 0.359 e. The van der Waals surface area contributed by atoms with Gasteiger partial charge in [-0.05, 0) is 24.3 Å². The summed E-state index contributed by atoms with van der Waals surface area (Å²) in [7, 11) is 0. The summed E-state index contributed by atoms with van der Waals surface area (Å²) >= 11 is 0. The number of rotatable bonds is 1. The third-order valence-electron chi connectivity index (χ3n) is 1.79. The van der Waals surface area contributed by atoms with Crippen molar-refractivity contribution in [1.29, 1.82) is 0 Å². The molecule has 14 heavy (non-hydrogen) atoms. The molecular formula is C11H11N3. The van der Waals surface area contributed by atoms with Gasteiger partial charge in [-0.1, -0.05) is 12.2 Å². The maximum Gasteiger partial charge on any atom is 0.153 e. The molecule has 3 heteroatoms. The summed E-state index contributed by atoms with van der Waals surface area (Å²) in [5, 5.41) is 6.22. The Hall–Kier alpha value is -2.03. The van der Waals surface area contributed by atoms with Crippen molar-refractivity contribution in [3.05, 3.63) is 60.8 Å². The van der Waals surface area contributed by atoms with E-state index in [0.717, 1.165) is 11.5 Å². The Kier molecular flexibility index (Phi) is 2.62. The van der Waals surface area contributed by atoms with Crippen LogP contribution in [-0.2, 0) is 0 Å². The van der Waals surface area contributed by atoms with Crippen molar-refractivity contribution >= 4 is 5.84 Å². The van der Waals surface area contributed by atoms with Gasteiger partial charge in [0.2, 0.25) is 0 Å². The van der Waals surface area contributed by atoms with E-state index in [1.165, 1.54) is 0 Å². The van der Waals surface area contributed by atoms with Gasteiger partial charge in [-0.3, -0.25) is 0 Å². The lowest BCUT2D eigenvalue weighted by Crippen LogP contribution is -2.25. The molecule has 3 nitrogen and oxygen atoms in total. The van der Waals surface area contributed by atoms with Gasteiger partial charge >= 0.3 is 0 Å². The first-order valence-electron chi connectivity index (χ1n) is 4.43. The van der Waals surface area contributed by atoms with E-state index in [1.54, 1.807) is 6.20 Å². The molecule has 0 radical (unpaired) electrons. The highest BCUT2D eigenvalue weighted by atomic mass is 15.0. The second-order valence-corrected chi connectivity index (χ2v) is 2.79. The van der Waals surface area contributed by atoms with Gasteiger partial charge in [0.25, 0.3) is 0 Å². The molecule has 0 saturated carbocycles. The van der Waals surface area contributed by atoms with Crippen LogP contribution in [0.3, 0.4) is 0 Å². The van der Waals surface area contributed by atoms with Gasteiger partial charge in [-0.2, -0.15) is 0 Å². The molecule has 0 aromatic rings. The summed E-state index contributed by atoms with van der Waals surface area (Å²) in [5.74, 6) is 0.811. The molecule has 0 amide bonds. The molecule has 0 aliphatic carbocycles. The molecule has 2 rings (SSSR count). The summed E-state index contributed by atoms with van der Waals surface area (Å²) in [5.41, 5.74) is 0.950. The first-order valence-corrected chi connectivity index (χ1v) is 4.43. The number of amidine groups is 1. The van der Waals surface area contributed by atoms with Gasteiger partial charge in [0, 0.05) is 18.6 Å². The summed E-state index contributed by atoms with van der Waals surface area (Å²) in [6.45, 7) is 0. The Bertz CT molecular complexity index is 343. The van der Waals surface area contributed by atoms with Crippen LogP contribution in [-0.4, -0.2) is 5.84 Å². The van der Waals surface area contributed by atoms with Crippen molar-refractivity contribution in [2.45, 2.75) is 0 Å². The van der Waals surface area contributed by atoms with Crippen molar-refractivity contribution in [3.63, 3.8) is 0 Å². The maximum absolute atomic E-state index is 4.25. The molecule has 0 aromatic carbocycles. The van der Waals surface area contributed by atoms with Crippen LogP contribution < -0.4 is 10.6 Å². The highest BCUT2D eigenvalue weighted by Crippen LogP contribution is 2.00. The Morgan fingerprint density at radius 2 is 1.71 bits per heavy atom. The fourth-order valence-corrected chi connectivity index (χ4v) is 1.14. The number of hydrogen-bond acceptors (Lipinski definition) is 3. The standard InChI is InChI=1S/C11H11N3/c1-2-6-10(12-7-3-1)11-13-8-4-5-9-14-11/h1-9,12H,(H,13,14). The fourth-order valence-electron chi connectivity index (χ4n) is 1.14. The lowest BCUT2D eigenvalue weighted by atomic mass is 10.3. The number of nitrogens with one attached hydrogen (secondary N) is 2. The SMILES string of the molecule is C1=CC=C(C2=NC=CC=CN2)NC=C1. The monoisotopic (exact) mass is 185 g/mol. The minimum absolute atomic E-state index is 0.811. The van der Waals surface area contributed by atoms with Crippen molar-refractivity contribution < 1.29 is 0 Å². The van der Waals surface area contributed by atoms with Crippen molar-refractivity contribution in [3.8, 4) is 0 Å². The predicted molar refractivity (Wildman–Crippen MR) is 58.3 cm³/mol. The zero-order valence-corrected chi connectivity index (χ0v) is 7.64. The Morgan fingerprint density at radius 1 is 0.857 bits per heavy atom. The average molecular weight is 185 g/mol. The van der Waals surface area contributed by atoms with E-state index in [4.69, 9.17) is 0 Å². The molecule has 0 saturated heterocycles. The number of allylic oxidation sites excluding steroid dienone is 6. The Balaban J connectivity index is 2.22. The molecule has 2 aliphatic rings. The van der Waals surface area contributed by atoms with Gasteiger partial charge in [0.1, 0.15) is 0 Å². The molecule has 2 N–H and O–H groups in total. The van der Waals surface area contributed by atoms with Crippen LogP contribution in [0, 0.1) is 0 Å². The number of nitrogens with zero attached hydrogens (tertiary/aromatic N) is 1. The van der Waals surface area contributed by atoms with Crippen molar-refractivity contribution in [2.75, 3.05) is 0 Å². The van der Waals surface area contributed by atoms with Gasteiger partial charge in [0.15, 0.2) is 5.84 Å². The van der Waals surface area contributed by atoms with Gasteiger partial charge in [-0.25, -0.2) is 4.99 Å². The summed E-state index contributed by atoms with van der Waals surface area (Å²) in [6, 6.07) is 0. The number of aliphatic imine (C=N–C) groups is 1. The zero-order chi connectivity index (χ0) is 9.64. The second-order valence-electron chi connectivity index (χ2n) is 2.79. The van der Waals surface area contributed by atoms with Gasteiger partial charge < -0.3 is 10.6 Å². The van der Waals surface area contributed by atoms with Gasteiger partial charge in [-0.15, -0.1) is 0 Å². The average Bonchev–Trinajstić information content (AvgIpc) is 2.62. The zero-order valence-electron chi connectivity index (χ0n) is 7.64. The minimum atomic E-state index is 0.811. The summed E-state index contributed by atoms with van der Waals surface area (Å²) in [4.78, 5) is 4.25. The van der Waals surface area contributed by atoms with E-state index in [9.17, 15) is 0 Å². The van der Waals surface area contributed by atoms with Crippen LogP contribution >= 0.6 is 0 Å². The molecule has 0 unspecified atom stereocenters. The third-order valence-corrected chi connectivity index (χ3v) is 1.79. The van der Waals surface area contributed by atoms with Crippen LogP contribution in [0.25, 0.3) is 0 Å². The van der Waals surface area contributed by atoms with E-state index in [2.05, 4.69) is 15.6 Å². The molecule has 2 heterocycles. The summed E-state index contributed by atoms with van der Waals surface area (Å²) < 4.78 is 0. The van der Waals surface area contributed by atoms with E-state index >= 15 is 0 Å². The maximum atomic E-state index is 4.25. The third kappa shape index (κ3) is 2.01. The first kappa shape index (κ1) is 8.56. The predicted octanol–water partition coefficient (Wildman–Crippen LogP) is 1.57. The highest BCUT2D eigenvalue weighted by molar-refractivity contribution is 5.99. The second kappa shape index (κ2) is 4.28. The van der Waals surface area contributed by atoms with Gasteiger partial charge in [0.05, 0.1) is 5.70 Å². The fraction of sp³-hybridized carbons (Fsp3) is 0.